The number of ether oxygens (including phenoxy) is 1. The number of H-pyrrole nitrogens is 1. The lowest BCUT2D eigenvalue weighted by Gasteiger charge is -2.26. The molecule has 10 nitrogen and oxygen atoms in total. The molecule has 2 aliphatic heterocycles. The smallest absolute Gasteiger partial charge is 0.410 e. The van der Waals surface area contributed by atoms with Crippen molar-refractivity contribution in [3.05, 3.63) is 24.5 Å². The normalized spacial score (nSPS) is 19.4. The lowest BCUT2D eigenvalue weighted by molar-refractivity contribution is -0.118. The van der Waals surface area contributed by atoms with Gasteiger partial charge in [-0.15, -0.1) is 12.6 Å². The summed E-state index contributed by atoms with van der Waals surface area (Å²) in [5.41, 5.74) is 3.18. The highest BCUT2D eigenvalue weighted by Gasteiger charge is 2.43. The topological polar surface area (TPSA) is 108 Å². The number of carbonyl (C=O) groups excluding carboxylic acids is 2. The van der Waals surface area contributed by atoms with Gasteiger partial charge in [0.1, 0.15) is 16.8 Å². The van der Waals surface area contributed by atoms with Crippen molar-refractivity contribution in [2.75, 3.05) is 43.0 Å². The first kappa shape index (κ1) is 25.3. The minimum absolute atomic E-state index is 0.0214. The first-order valence-electron chi connectivity index (χ1n) is 12.6. The summed E-state index contributed by atoms with van der Waals surface area (Å²) >= 11 is 4.66. The molecule has 0 radical (unpaired) electrons. The highest BCUT2D eigenvalue weighted by atomic mass is 32.1. The quantitative estimate of drug-likeness (QED) is 0.498. The molecule has 2 aromatic heterocycles. The maximum Gasteiger partial charge on any atom is 0.410 e. The zero-order valence-electron chi connectivity index (χ0n) is 21.9. The summed E-state index contributed by atoms with van der Waals surface area (Å²) in [4.78, 5) is 48.3. The zero-order chi connectivity index (χ0) is 26.5. The standard InChI is InChI=1S/C26H33N7O3S/c1-6-20(34)31(5)18-8-7-15(9-19(18)37)21-22-23(28-14-27-22)30-24(29-21)32-10-16-12-33(13-17(16)11-32)25(35)36-26(2,3)4/h7-9,14,16-17,37H,6,10-13H2,1-5H3,(H,27,28,29,30). The number of imidazole rings is 1. The molecule has 1 aromatic carbocycles. The average molecular weight is 524 g/mol. The van der Waals surface area contributed by atoms with Crippen molar-refractivity contribution >= 4 is 47.4 Å². The summed E-state index contributed by atoms with van der Waals surface area (Å²) in [5.74, 6) is 1.32. The number of rotatable bonds is 4. The van der Waals surface area contributed by atoms with Crippen LogP contribution in [0.4, 0.5) is 16.4 Å². The number of nitrogens with zero attached hydrogens (tertiary/aromatic N) is 6. The van der Waals surface area contributed by atoms with E-state index in [0.717, 1.165) is 35.6 Å². The third kappa shape index (κ3) is 4.96. The van der Waals surface area contributed by atoms with Crippen molar-refractivity contribution in [2.45, 2.75) is 44.6 Å². The molecule has 0 spiro atoms. The van der Waals surface area contributed by atoms with E-state index in [-0.39, 0.29) is 12.0 Å². The number of thiol groups is 1. The minimum Gasteiger partial charge on any atom is -0.444 e. The molecule has 4 heterocycles. The Bertz CT molecular complexity index is 1340. The van der Waals surface area contributed by atoms with Crippen molar-refractivity contribution in [2.24, 2.45) is 11.8 Å². The van der Waals surface area contributed by atoms with Crippen LogP contribution in [0.2, 0.25) is 0 Å². The van der Waals surface area contributed by atoms with Crippen molar-refractivity contribution < 1.29 is 14.3 Å². The highest BCUT2D eigenvalue weighted by Crippen LogP contribution is 2.36. The van der Waals surface area contributed by atoms with Crippen LogP contribution in [0, 0.1) is 11.8 Å². The van der Waals surface area contributed by atoms with E-state index in [9.17, 15) is 9.59 Å². The van der Waals surface area contributed by atoms with Gasteiger partial charge >= 0.3 is 6.09 Å². The van der Waals surface area contributed by atoms with Crippen LogP contribution in [-0.4, -0.2) is 75.7 Å². The van der Waals surface area contributed by atoms with Gasteiger partial charge in [-0.1, -0.05) is 13.0 Å². The Hall–Kier alpha value is -3.34. The highest BCUT2D eigenvalue weighted by molar-refractivity contribution is 7.80. The number of hydrogen-bond acceptors (Lipinski definition) is 8. The SMILES string of the molecule is CCC(=O)N(C)c1ccc(-c2nc(N3CC4CN(C(=O)OC(C)(C)C)CC4C3)nc3nc[nH]c23)cc1S. The van der Waals surface area contributed by atoms with Gasteiger partial charge in [-0.25, -0.2) is 14.8 Å². The van der Waals surface area contributed by atoms with Crippen molar-refractivity contribution in [3.8, 4) is 11.3 Å². The van der Waals surface area contributed by atoms with E-state index in [4.69, 9.17) is 14.7 Å². The third-order valence-electron chi connectivity index (χ3n) is 6.98. The summed E-state index contributed by atoms with van der Waals surface area (Å²) in [5, 5.41) is 0. The molecule has 0 saturated carbocycles. The summed E-state index contributed by atoms with van der Waals surface area (Å²) in [6.07, 6.45) is 1.79. The molecule has 2 unspecified atom stereocenters. The summed E-state index contributed by atoms with van der Waals surface area (Å²) in [6.45, 7) is 10.4. The molecule has 37 heavy (non-hydrogen) atoms. The number of amides is 2. The predicted octanol–water partition coefficient (Wildman–Crippen LogP) is 3.98. The zero-order valence-corrected chi connectivity index (χ0v) is 22.7. The van der Waals surface area contributed by atoms with Crippen molar-refractivity contribution in [1.29, 1.82) is 0 Å². The molecular formula is C26H33N7O3S. The van der Waals surface area contributed by atoms with E-state index in [2.05, 4.69) is 27.5 Å². The van der Waals surface area contributed by atoms with Crippen LogP contribution in [0.15, 0.2) is 29.4 Å². The number of aromatic amines is 1. The molecule has 2 saturated heterocycles. The monoisotopic (exact) mass is 523 g/mol. The van der Waals surface area contributed by atoms with E-state index in [1.54, 1.807) is 18.3 Å². The molecule has 196 valence electrons. The Labute approximate surface area is 221 Å². The second-order valence-corrected chi connectivity index (χ2v) is 11.3. The fourth-order valence-corrected chi connectivity index (χ4v) is 5.49. The van der Waals surface area contributed by atoms with E-state index >= 15 is 0 Å². The number of anilines is 2. The molecule has 0 bridgehead atoms. The van der Waals surface area contributed by atoms with Crippen molar-refractivity contribution in [1.82, 2.24) is 24.8 Å². The van der Waals surface area contributed by atoms with Gasteiger partial charge in [0.2, 0.25) is 11.9 Å². The third-order valence-corrected chi connectivity index (χ3v) is 7.34. The number of aromatic nitrogens is 4. The molecule has 2 fully saturated rings. The lowest BCUT2D eigenvalue weighted by atomic mass is 10.0. The average Bonchev–Trinajstić information content (AvgIpc) is 3.56. The number of carbonyl (C=O) groups is 2. The van der Waals surface area contributed by atoms with Crippen molar-refractivity contribution in [3.63, 3.8) is 0 Å². The van der Waals surface area contributed by atoms with Crippen LogP contribution in [0.3, 0.4) is 0 Å². The van der Waals surface area contributed by atoms with Gasteiger partial charge < -0.3 is 24.4 Å². The molecule has 1 N–H and O–H groups in total. The second-order valence-electron chi connectivity index (χ2n) is 10.8. The summed E-state index contributed by atoms with van der Waals surface area (Å²) in [7, 11) is 1.75. The van der Waals surface area contributed by atoms with E-state index in [1.807, 2.05) is 50.8 Å². The maximum absolute atomic E-state index is 12.5. The first-order chi connectivity index (χ1) is 17.5. The summed E-state index contributed by atoms with van der Waals surface area (Å²) in [6, 6.07) is 5.75. The first-order valence-corrected chi connectivity index (χ1v) is 13.0. The van der Waals surface area contributed by atoms with Gasteiger partial charge in [-0.05, 0) is 32.9 Å². The number of likely N-dealkylation sites (tertiary alicyclic amines) is 1. The fourth-order valence-electron chi connectivity index (χ4n) is 5.13. The molecule has 2 amide bonds. The molecule has 3 aromatic rings. The molecule has 11 heteroatoms. The molecule has 2 atom stereocenters. The largest absolute Gasteiger partial charge is 0.444 e. The van der Waals surface area contributed by atoms with Gasteiger partial charge in [0.15, 0.2) is 5.65 Å². The van der Waals surface area contributed by atoms with Crippen LogP contribution in [0.1, 0.15) is 34.1 Å². The number of fused-ring (bicyclic) bond motifs is 2. The molecule has 0 aliphatic carbocycles. The summed E-state index contributed by atoms with van der Waals surface area (Å²) < 4.78 is 5.56. The fraction of sp³-hybridized carbons (Fsp3) is 0.500. The van der Waals surface area contributed by atoms with Gasteiger partial charge in [0.05, 0.1) is 12.0 Å². The minimum atomic E-state index is -0.504. The van der Waals surface area contributed by atoms with Crippen LogP contribution >= 0.6 is 12.6 Å². The molecular weight excluding hydrogens is 490 g/mol. The van der Waals surface area contributed by atoms with E-state index < -0.39 is 5.60 Å². The Morgan fingerprint density at radius 1 is 1.16 bits per heavy atom. The van der Waals surface area contributed by atoms with E-state index in [0.29, 0.717) is 47.8 Å². The Kier molecular flexibility index (Phi) is 6.51. The molecule has 2 aliphatic rings. The van der Waals surface area contributed by atoms with Crippen LogP contribution < -0.4 is 9.80 Å². The second kappa shape index (κ2) is 9.51. The predicted molar refractivity (Wildman–Crippen MR) is 145 cm³/mol. The van der Waals surface area contributed by atoms with Crippen LogP contribution in [0.5, 0.6) is 0 Å². The Balaban J connectivity index is 1.38. The number of benzene rings is 1. The number of hydrogen-bond donors (Lipinski definition) is 2. The Morgan fingerprint density at radius 2 is 1.86 bits per heavy atom. The van der Waals surface area contributed by atoms with Crippen LogP contribution in [-0.2, 0) is 9.53 Å². The maximum atomic E-state index is 12.5. The van der Waals surface area contributed by atoms with E-state index in [1.165, 1.54) is 0 Å². The van der Waals surface area contributed by atoms with Crippen LogP contribution in [0.25, 0.3) is 22.4 Å². The van der Waals surface area contributed by atoms with Gasteiger partial charge in [-0.2, -0.15) is 4.98 Å². The number of nitrogens with one attached hydrogen (secondary N) is 1. The van der Waals surface area contributed by atoms with Gasteiger partial charge in [-0.3, -0.25) is 4.79 Å². The van der Waals surface area contributed by atoms with Gasteiger partial charge in [0.25, 0.3) is 0 Å². The molecule has 5 rings (SSSR count). The lowest BCUT2D eigenvalue weighted by Crippen LogP contribution is -2.37. The Morgan fingerprint density at radius 3 is 2.49 bits per heavy atom. The van der Waals surface area contributed by atoms with Gasteiger partial charge in [0, 0.05) is 61.9 Å².